The molecule has 0 amide bonds. The van der Waals surface area contributed by atoms with Crippen molar-refractivity contribution in [3.8, 4) is 5.69 Å². The highest BCUT2D eigenvalue weighted by Crippen LogP contribution is 2.16. The van der Waals surface area contributed by atoms with Crippen LogP contribution in [0.3, 0.4) is 0 Å². The molecule has 28 heavy (non-hydrogen) atoms. The third-order valence-electron chi connectivity index (χ3n) is 4.15. The quantitative estimate of drug-likeness (QED) is 0.288. The average Bonchev–Trinajstić information content (AvgIpc) is 3.27. The lowest BCUT2D eigenvalue weighted by atomic mass is 10.2. The van der Waals surface area contributed by atoms with Crippen LogP contribution in [0.5, 0.6) is 0 Å². The molecule has 1 aromatic carbocycles. The molecule has 0 spiro atoms. The number of para-hydroxylation sites is 1. The number of nitrogens with zero attached hydrogens (tertiary/aromatic N) is 4. The summed E-state index contributed by atoms with van der Waals surface area (Å²) in [5.41, 5.74) is 3.35. The number of rotatable bonds is 7. The van der Waals surface area contributed by atoms with E-state index in [0.717, 1.165) is 41.9 Å². The lowest BCUT2D eigenvalue weighted by Crippen LogP contribution is -2.38. The van der Waals surface area contributed by atoms with E-state index in [1.54, 1.807) is 11.3 Å². The monoisotopic (exact) mass is 510 g/mol. The van der Waals surface area contributed by atoms with E-state index in [-0.39, 0.29) is 24.0 Å². The SMILES string of the molecule is CCNC(=NCc1nc(C)c(C)s1)NCCc1cnn(-c2ccccc2)c1.I. The van der Waals surface area contributed by atoms with Crippen LogP contribution in [0.2, 0.25) is 0 Å². The Bertz CT molecular complexity index is 868. The van der Waals surface area contributed by atoms with Crippen molar-refractivity contribution in [3.05, 3.63) is 63.9 Å². The molecule has 2 heterocycles. The summed E-state index contributed by atoms with van der Waals surface area (Å²) >= 11 is 1.71. The number of guanidine groups is 1. The van der Waals surface area contributed by atoms with Crippen molar-refractivity contribution in [1.29, 1.82) is 0 Å². The summed E-state index contributed by atoms with van der Waals surface area (Å²) < 4.78 is 1.90. The van der Waals surface area contributed by atoms with Crippen molar-refractivity contribution < 1.29 is 0 Å². The summed E-state index contributed by atoms with van der Waals surface area (Å²) in [5.74, 6) is 0.818. The van der Waals surface area contributed by atoms with Gasteiger partial charge in [0.15, 0.2) is 5.96 Å². The molecule has 0 atom stereocenters. The lowest BCUT2D eigenvalue weighted by molar-refractivity contribution is 0.798. The van der Waals surface area contributed by atoms with Crippen molar-refractivity contribution in [2.75, 3.05) is 13.1 Å². The van der Waals surface area contributed by atoms with E-state index in [2.05, 4.69) is 45.8 Å². The van der Waals surface area contributed by atoms with E-state index < -0.39 is 0 Å². The lowest BCUT2D eigenvalue weighted by Gasteiger charge is -2.10. The van der Waals surface area contributed by atoms with Crippen LogP contribution in [-0.2, 0) is 13.0 Å². The topological polar surface area (TPSA) is 67.1 Å². The zero-order valence-electron chi connectivity index (χ0n) is 16.5. The molecular weight excluding hydrogens is 483 g/mol. The second-order valence-electron chi connectivity index (χ2n) is 6.25. The summed E-state index contributed by atoms with van der Waals surface area (Å²) in [6.45, 7) is 8.42. The zero-order chi connectivity index (χ0) is 19.1. The first-order valence-electron chi connectivity index (χ1n) is 9.19. The Morgan fingerprint density at radius 3 is 2.64 bits per heavy atom. The molecule has 0 radical (unpaired) electrons. The predicted octanol–water partition coefficient (Wildman–Crippen LogP) is 3.86. The Balaban J connectivity index is 0.00000280. The molecule has 6 nitrogen and oxygen atoms in total. The molecular formula is C20H27IN6S. The Kier molecular flexibility index (Phi) is 8.91. The van der Waals surface area contributed by atoms with Gasteiger partial charge in [-0.1, -0.05) is 18.2 Å². The fourth-order valence-corrected chi connectivity index (χ4v) is 3.49. The Hall–Kier alpha value is -1.94. The van der Waals surface area contributed by atoms with Crippen LogP contribution in [0.1, 0.15) is 28.1 Å². The van der Waals surface area contributed by atoms with Crippen LogP contribution in [-0.4, -0.2) is 33.8 Å². The first-order chi connectivity index (χ1) is 13.2. The van der Waals surface area contributed by atoms with Gasteiger partial charge in [0.1, 0.15) is 5.01 Å². The van der Waals surface area contributed by atoms with Gasteiger partial charge < -0.3 is 10.6 Å². The van der Waals surface area contributed by atoms with Gasteiger partial charge in [-0.25, -0.2) is 14.7 Å². The summed E-state index contributed by atoms with van der Waals surface area (Å²) in [6, 6.07) is 10.1. The largest absolute Gasteiger partial charge is 0.357 e. The van der Waals surface area contributed by atoms with Crippen molar-refractivity contribution in [2.24, 2.45) is 4.99 Å². The van der Waals surface area contributed by atoms with Crippen LogP contribution in [0.4, 0.5) is 0 Å². The summed E-state index contributed by atoms with van der Waals surface area (Å²) in [7, 11) is 0. The molecule has 0 aliphatic carbocycles. The number of halogens is 1. The smallest absolute Gasteiger partial charge is 0.191 e. The van der Waals surface area contributed by atoms with Crippen LogP contribution < -0.4 is 10.6 Å². The number of aryl methyl sites for hydroxylation is 2. The van der Waals surface area contributed by atoms with Crippen molar-refractivity contribution >= 4 is 41.3 Å². The number of aromatic nitrogens is 3. The number of nitrogens with one attached hydrogen (secondary N) is 2. The first kappa shape index (κ1) is 22.4. The number of benzene rings is 1. The zero-order valence-corrected chi connectivity index (χ0v) is 19.6. The third-order valence-corrected chi connectivity index (χ3v) is 5.21. The molecule has 0 saturated heterocycles. The van der Waals surface area contributed by atoms with Gasteiger partial charge in [0.2, 0.25) is 0 Å². The van der Waals surface area contributed by atoms with Crippen LogP contribution in [0.15, 0.2) is 47.7 Å². The van der Waals surface area contributed by atoms with Gasteiger partial charge in [0.05, 0.1) is 24.1 Å². The molecule has 8 heteroatoms. The minimum Gasteiger partial charge on any atom is -0.357 e. The Labute approximate surface area is 187 Å². The number of aliphatic imine (C=N–C) groups is 1. The minimum atomic E-state index is 0. The fourth-order valence-electron chi connectivity index (χ4n) is 2.63. The van der Waals surface area contributed by atoms with E-state index in [4.69, 9.17) is 0 Å². The van der Waals surface area contributed by atoms with Gasteiger partial charge in [0.25, 0.3) is 0 Å². The van der Waals surface area contributed by atoms with E-state index in [1.165, 1.54) is 10.4 Å². The number of hydrogen-bond acceptors (Lipinski definition) is 4. The fraction of sp³-hybridized carbons (Fsp3) is 0.350. The molecule has 0 saturated carbocycles. The molecule has 2 N–H and O–H groups in total. The van der Waals surface area contributed by atoms with Gasteiger partial charge in [-0.05, 0) is 44.9 Å². The molecule has 0 unspecified atom stereocenters. The van der Waals surface area contributed by atoms with Crippen LogP contribution in [0, 0.1) is 13.8 Å². The highest BCUT2D eigenvalue weighted by atomic mass is 127. The minimum absolute atomic E-state index is 0. The van der Waals surface area contributed by atoms with Gasteiger partial charge in [-0.3, -0.25) is 0 Å². The molecule has 3 rings (SSSR count). The second-order valence-corrected chi connectivity index (χ2v) is 7.54. The van der Waals surface area contributed by atoms with Crippen molar-refractivity contribution in [3.63, 3.8) is 0 Å². The molecule has 2 aromatic heterocycles. The maximum absolute atomic E-state index is 4.64. The van der Waals surface area contributed by atoms with Gasteiger partial charge in [-0.15, -0.1) is 35.3 Å². The van der Waals surface area contributed by atoms with Crippen LogP contribution in [0.25, 0.3) is 5.69 Å². The third kappa shape index (κ3) is 6.30. The van der Waals surface area contributed by atoms with E-state index in [1.807, 2.05) is 48.1 Å². The number of hydrogen-bond donors (Lipinski definition) is 2. The molecule has 0 fully saturated rings. The van der Waals surface area contributed by atoms with Crippen molar-refractivity contribution in [2.45, 2.75) is 33.7 Å². The van der Waals surface area contributed by atoms with Crippen molar-refractivity contribution in [1.82, 2.24) is 25.4 Å². The van der Waals surface area contributed by atoms with E-state index >= 15 is 0 Å². The predicted molar refractivity (Wildman–Crippen MR) is 127 cm³/mol. The molecule has 0 bridgehead atoms. The highest BCUT2D eigenvalue weighted by molar-refractivity contribution is 14.0. The summed E-state index contributed by atoms with van der Waals surface area (Å²) in [4.78, 5) is 10.4. The maximum Gasteiger partial charge on any atom is 0.191 e. The Morgan fingerprint density at radius 2 is 1.96 bits per heavy atom. The van der Waals surface area contributed by atoms with E-state index in [9.17, 15) is 0 Å². The maximum atomic E-state index is 4.64. The van der Waals surface area contributed by atoms with Crippen LogP contribution >= 0.6 is 35.3 Å². The molecule has 0 aliphatic rings. The normalized spacial score (nSPS) is 11.2. The summed E-state index contributed by atoms with van der Waals surface area (Å²) in [5, 5.41) is 12.2. The highest BCUT2D eigenvalue weighted by Gasteiger charge is 2.05. The first-order valence-corrected chi connectivity index (χ1v) is 10.0. The van der Waals surface area contributed by atoms with Gasteiger partial charge in [0, 0.05) is 24.2 Å². The van der Waals surface area contributed by atoms with E-state index in [0.29, 0.717) is 6.54 Å². The summed E-state index contributed by atoms with van der Waals surface area (Å²) in [6.07, 6.45) is 4.87. The Morgan fingerprint density at radius 1 is 1.18 bits per heavy atom. The number of thiazole rings is 1. The van der Waals surface area contributed by atoms with Gasteiger partial charge in [-0.2, -0.15) is 5.10 Å². The second kappa shape index (κ2) is 11.2. The molecule has 3 aromatic rings. The van der Waals surface area contributed by atoms with Gasteiger partial charge >= 0.3 is 0 Å². The molecule has 150 valence electrons. The standard InChI is InChI=1S/C20H26N6S.HI/c1-4-21-20(23-13-19-25-15(2)16(3)27-19)22-11-10-17-12-24-26(14-17)18-8-6-5-7-9-18;/h5-9,12,14H,4,10-11,13H2,1-3H3,(H2,21,22,23);1H. The average molecular weight is 510 g/mol. The molecule has 0 aliphatic heterocycles.